The van der Waals surface area contributed by atoms with Gasteiger partial charge < -0.3 is 20.1 Å². The highest BCUT2D eigenvalue weighted by molar-refractivity contribution is 5.68. The van der Waals surface area contributed by atoms with E-state index in [1.807, 2.05) is 6.92 Å². The summed E-state index contributed by atoms with van der Waals surface area (Å²) in [5.74, 6) is 0.300. The predicted octanol–water partition coefficient (Wildman–Crippen LogP) is 1.78. The SMILES string of the molecule is CCCOc1cccc(NCC2CNCCO2)c1[N+](=O)[O-]. The minimum Gasteiger partial charge on any atom is -0.487 e. The van der Waals surface area contributed by atoms with Crippen LogP contribution < -0.4 is 15.4 Å². The molecule has 0 saturated carbocycles. The third kappa shape index (κ3) is 4.30. The minimum absolute atomic E-state index is 0.0126. The lowest BCUT2D eigenvalue weighted by atomic mass is 10.2. The van der Waals surface area contributed by atoms with Gasteiger partial charge in [0.05, 0.1) is 24.2 Å². The van der Waals surface area contributed by atoms with Crippen molar-refractivity contribution in [3.63, 3.8) is 0 Å². The van der Waals surface area contributed by atoms with Crippen LogP contribution in [0.1, 0.15) is 13.3 Å². The maximum atomic E-state index is 11.3. The van der Waals surface area contributed by atoms with E-state index >= 15 is 0 Å². The normalized spacial score (nSPS) is 18.2. The molecule has 7 heteroatoms. The molecule has 0 bridgehead atoms. The van der Waals surface area contributed by atoms with Crippen LogP contribution in [0.25, 0.3) is 0 Å². The van der Waals surface area contributed by atoms with Crippen LogP contribution in [0, 0.1) is 10.1 Å². The number of para-hydroxylation sites is 1. The van der Waals surface area contributed by atoms with Crippen LogP contribution in [0.3, 0.4) is 0 Å². The summed E-state index contributed by atoms with van der Waals surface area (Å²) in [7, 11) is 0. The molecule has 1 aliphatic heterocycles. The molecule has 1 heterocycles. The Bertz CT molecular complexity index is 475. The van der Waals surface area contributed by atoms with Gasteiger partial charge in [0.25, 0.3) is 0 Å². The highest BCUT2D eigenvalue weighted by Gasteiger charge is 2.22. The number of hydrogen-bond donors (Lipinski definition) is 2. The van der Waals surface area contributed by atoms with E-state index in [1.165, 1.54) is 0 Å². The molecule has 1 saturated heterocycles. The molecule has 0 spiro atoms. The monoisotopic (exact) mass is 295 g/mol. The molecule has 2 rings (SSSR count). The molecule has 1 aromatic carbocycles. The van der Waals surface area contributed by atoms with Gasteiger partial charge in [-0.15, -0.1) is 0 Å². The molecule has 21 heavy (non-hydrogen) atoms. The predicted molar refractivity (Wildman–Crippen MR) is 80.0 cm³/mol. The molecular formula is C14H21N3O4. The van der Waals surface area contributed by atoms with Crippen LogP contribution in [-0.4, -0.2) is 43.9 Å². The first-order chi connectivity index (χ1) is 10.2. The van der Waals surface area contributed by atoms with Gasteiger partial charge in [-0.1, -0.05) is 13.0 Å². The van der Waals surface area contributed by atoms with E-state index in [1.54, 1.807) is 18.2 Å². The summed E-state index contributed by atoms with van der Waals surface area (Å²) >= 11 is 0. The van der Waals surface area contributed by atoms with E-state index in [9.17, 15) is 10.1 Å². The first kappa shape index (κ1) is 15.5. The molecule has 1 aromatic rings. The largest absolute Gasteiger partial charge is 0.487 e. The number of anilines is 1. The summed E-state index contributed by atoms with van der Waals surface area (Å²) in [5.41, 5.74) is 0.442. The molecule has 1 unspecified atom stereocenters. The molecule has 2 N–H and O–H groups in total. The topological polar surface area (TPSA) is 85.7 Å². The zero-order valence-electron chi connectivity index (χ0n) is 12.1. The third-order valence-electron chi connectivity index (χ3n) is 3.17. The first-order valence-corrected chi connectivity index (χ1v) is 7.18. The third-order valence-corrected chi connectivity index (χ3v) is 3.17. The number of nitro benzene ring substituents is 1. The number of ether oxygens (including phenoxy) is 2. The lowest BCUT2D eigenvalue weighted by molar-refractivity contribution is -0.385. The summed E-state index contributed by atoms with van der Waals surface area (Å²) in [6.07, 6.45) is 0.815. The van der Waals surface area contributed by atoms with Gasteiger partial charge in [-0.05, 0) is 18.6 Å². The number of nitro groups is 1. The van der Waals surface area contributed by atoms with Crippen molar-refractivity contribution in [3.05, 3.63) is 28.3 Å². The van der Waals surface area contributed by atoms with Crippen molar-refractivity contribution in [2.45, 2.75) is 19.4 Å². The van der Waals surface area contributed by atoms with Crippen molar-refractivity contribution in [1.29, 1.82) is 0 Å². The Morgan fingerprint density at radius 2 is 2.43 bits per heavy atom. The molecule has 0 radical (unpaired) electrons. The van der Waals surface area contributed by atoms with Crippen LogP contribution in [0.5, 0.6) is 5.75 Å². The number of nitrogens with zero attached hydrogens (tertiary/aromatic N) is 1. The molecule has 1 fully saturated rings. The summed E-state index contributed by atoms with van der Waals surface area (Å²) < 4.78 is 11.0. The van der Waals surface area contributed by atoms with E-state index < -0.39 is 4.92 Å². The van der Waals surface area contributed by atoms with Crippen molar-refractivity contribution >= 4 is 11.4 Å². The molecule has 1 aliphatic rings. The maximum absolute atomic E-state index is 11.3. The second-order valence-corrected chi connectivity index (χ2v) is 4.84. The van der Waals surface area contributed by atoms with Crippen LogP contribution in [0.2, 0.25) is 0 Å². The standard InChI is InChI=1S/C14H21N3O4/c1-2-7-21-13-5-3-4-12(14(13)17(18)19)16-10-11-9-15-6-8-20-11/h3-5,11,15-16H,2,6-10H2,1H3. The van der Waals surface area contributed by atoms with Crippen molar-refractivity contribution in [1.82, 2.24) is 5.32 Å². The zero-order valence-corrected chi connectivity index (χ0v) is 12.1. The summed E-state index contributed by atoms with van der Waals surface area (Å²) in [6.45, 7) is 5.18. The van der Waals surface area contributed by atoms with Crippen LogP contribution in [-0.2, 0) is 4.74 Å². The van der Waals surface area contributed by atoms with E-state index in [4.69, 9.17) is 9.47 Å². The first-order valence-electron chi connectivity index (χ1n) is 7.18. The molecule has 0 amide bonds. The highest BCUT2D eigenvalue weighted by Crippen LogP contribution is 2.34. The fourth-order valence-electron chi connectivity index (χ4n) is 2.16. The summed E-state index contributed by atoms with van der Waals surface area (Å²) in [6, 6.07) is 5.06. The maximum Gasteiger partial charge on any atom is 0.333 e. The second kappa shape index (κ2) is 7.80. The molecule has 116 valence electrons. The van der Waals surface area contributed by atoms with Crippen molar-refractivity contribution in [2.75, 3.05) is 38.2 Å². The van der Waals surface area contributed by atoms with Crippen molar-refractivity contribution < 1.29 is 14.4 Å². The zero-order chi connectivity index (χ0) is 15.1. The molecule has 7 nitrogen and oxygen atoms in total. The van der Waals surface area contributed by atoms with Crippen molar-refractivity contribution in [3.8, 4) is 5.75 Å². The quantitative estimate of drug-likeness (QED) is 0.589. The smallest absolute Gasteiger partial charge is 0.333 e. The van der Waals surface area contributed by atoms with E-state index in [0.717, 1.165) is 19.5 Å². The van der Waals surface area contributed by atoms with Gasteiger partial charge in [-0.2, -0.15) is 0 Å². The average Bonchev–Trinajstić information content (AvgIpc) is 2.51. The van der Waals surface area contributed by atoms with Gasteiger partial charge >= 0.3 is 5.69 Å². The lowest BCUT2D eigenvalue weighted by Crippen LogP contribution is -2.42. The van der Waals surface area contributed by atoms with E-state index in [2.05, 4.69) is 10.6 Å². The Morgan fingerprint density at radius 1 is 1.57 bits per heavy atom. The van der Waals surface area contributed by atoms with Gasteiger partial charge in [0.2, 0.25) is 0 Å². The van der Waals surface area contributed by atoms with Gasteiger partial charge in [-0.25, -0.2) is 0 Å². The number of hydrogen-bond acceptors (Lipinski definition) is 6. The minimum atomic E-state index is -0.409. The highest BCUT2D eigenvalue weighted by atomic mass is 16.6. The van der Waals surface area contributed by atoms with Gasteiger partial charge in [0, 0.05) is 19.6 Å². The Kier molecular flexibility index (Phi) is 5.77. The van der Waals surface area contributed by atoms with Crippen LogP contribution in [0.4, 0.5) is 11.4 Å². The van der Waals surface area contributed by atoms with Crippen molar-refractivity contribution in [2.24, 2.45) is 0 Å². The summed E-state index contributed by atoms with van der Waals surface area (Å²) in [5, 5.41) is 17.6. The molecular weight excluding hydrogens is 274 g/mol. The Labute approximate surface area is 123 Å². The second-order valence-electron chi connectivity index (χ2n) is 4.84. The number of nitrogens with one attached hydrogen (secondary N) is 2. The average molecular weight is 295 g/mol. The number of morpholine rings is 1. The van der Waals surface area contributed by atoms with Gasteiger partial charge in [-0.3, -0.25) is 10.1 Å². The fourth-order valence-corrected chi connectivity index (χ4v) is 2.16. The van der Waals surface area contributed by atoms with E-state index in [0.29, 0.717) is 31.2 Å². The lowest BCUT2D eigenvalue weighted by Gasteiger charge is -2.24. The van der Waals surface area contributed by atoms with Crippen LogP contribution >= 0.6 is 0 Å². The van der Waals surface area contributed by atoms with E-state index in [-0.39, 0.29) is 11.8 Å². The summed E-state index contributed by atoms with van der Waals surface area (Å²) in [4.78, 5) is 10.9. The molecule has 1 atom stereocenters. The van der Waals surface area contributed by atoms with Gasteiger partial charge in [0.1, 0.15) is 5.69 Å². The number of rotatable bonds is 7. The number of benzene rings is 1. The molecule has 0 aromatic heterocycles. The molecule has 0 aliphatic carbocycles. The Morgan fingerprint density at radius 3 is 3.10 bits per heavy atom. The van der Waals surface area contributed by atoms with Gasteiger partial charge in [0.15, 0.2) is 5.75 Å². The Balaban J connectivity index is 2.07. The fraction of sp³-hybridized carbons (Fsp3) is 0.571. The van der Waals surface area contributed by atoms with Crippen LogP contribution in [0.15, 0.2) is 18.2 Å². The Hall–Kier alpha value is -1.86.